The maximum atomic E-state index is 14.3. The maximum Gasteiger partial charge on any atom is 0.338 e. The van der Waals surface area contributed by atoms with Gasteiger partial charge in [0.05, 0.1) is 33.5 Å². The average Bonchev–Trinajstić information content (AvgIpc) is 3.10. The summed E-state index contributed by atoms with van der Waals surface area (Å²) < 4.78 is 21.3. The van der Waals surface area contributed by atoms with Crippen LogP contribution < -0.4 is 14.9 Å². The first-order chi connectivity index (χ1) is 15.9. The van der Waals surface area contributed by atoms with Gasteiger partial charge in [0, 0.05) is 5.56 Å². The minimum atomic E-state index is -0.723. The van der Waals surface area contributed by atoms with E-state index in [0.717, 1.165) is 16.9 Å². The SMILES string of the molecule is CCOC(=O)C1=C(C)N=c2s/c(=C\c3c(F)cccc3Cl)c(=O)n2[C@@H]1/C=C/c1ccccc1. The summed E-state index contributed by atoms with van der Waals surface area (Å²) in [5.74, 6) is -1.06. The number of thiazole rings is 1. The minimum absolute atomic E-state index is 0.127. The van der Waals surface area contributed by atoms with Crippen LogP contribution in [0, 0.1) is 5.82 Å². The van der Waals surface area contributed by atoms with Crippen LogP contribution >= 0.6 is 22.9 Å². The lowest BCUT2D eigenvalue weighted by atomic mass is 10.0. The van der Waals surface area contributed by atoms with Crippen molar-refractivity contribution in [3.8, 4) is 0 Å². The Morgan fingerprint density at radius 2 is 2.00 bits per heavy atom. The molecule has 1 atom stereocenters. The van der Waals surface area contributed by atoms with Crippen LogP contribution in [0.5, 0.6) is 0 Å². The van der Waals surface area contributed by atoms with E-state index >= 15 is 0 Å². The fourth-order valence-corrected chi connectivity index (χ4v) is 4.82. The molecular weight excluding hydrogens is 463 g/mol. The van der Waals surface area contributed by atoms with E-state index in [1.807, 2.05) is 36.4 Å². The Morgan fingerprint density at radius 3 is 2.70 bits per heavy atom. The molecule has 0 bridgehead atoms. The zero-order chi connectivity index (χ0) is 23.5. The molecular formula is C25H20ClFN2O3S. The summed E-state index contributed by atoms with van der Waals surface area (Å²) >= 11 is 7.26. The van der Waals surface area contributed by atoms with E-state index in [1.54, 1.807) is 26.0 Å². The topological polar surface area (TPSA) is 60.7 Å². The van der Waals surface area contributed by atoms with Gasteiger partial charge >= 0.3 is 5.97 Å². The van der Waals surface area contributed by atoms with Crippen molar-refractivity contribution >= 4 is 41.1 Å². The third-order valence-electron chi connectivity index (χ3n) is 5.11. The quantitative estimate of drug-likeness (QED) is 0.511. The van der Waals surface area contributed by atoms with Crippen molar-refractivity contribution in [2.24, 2.45) is 4.99 Å². The molecule has 0 amide bonds. The van der Waals surface area contributed by atoms with Crippen LogP contribution in [0.25, 0.3) is 12.2 Å². The predicted octanol–water partition coefficient (Wildman–Crippen LogP) is 4.26. The number of carbonyl (C=O) groups excluding carboxylic acids is 1. The lowest BCUT2D eigenvalue weighted by Crippen LogP contribution is -2.38. The fourth-order valence-electron chi connectivity index (χ4n) is 3.56. The molecule has 0 spiro atoms. The Balaban J connectivity index is 1.91. The zero-order valence-corrected chi connectivity index (χ0v) is 19.5. The van der Waals surface area contributed by atoms with E-state index < -0.39 is 23.4 Å². The van der Waals surface area contributed by atoms with E-state index in [2.05, 4.69) is 4.99 Å². The molecule has 0 fully saturated rings. The van der Waals surface area contributed by atoms with Gasteiger partial charge in [0.25, 0.3) is 5.56 Å². The lowest BCUT2D eigenvalue weighted by Gasteiger charge is -2.21. The molecule has 2 aromatic carbocycles. The summed E-state index contributed by atoms with van der Waals surface area (Å²) in [5.41, 5.74) is 1.40. The molecule has 0 N–H and O–H groups in total. The van der Waals surface area contributed by atoms with Crippen molar-refractivity contribution in [3.63, 3.8) is 0 Å². The first-order valence-electron chi connectivity index (χ1n) is 10.3. The Bertz CT molecular complexity index is 1430. The van der Waals surface area contributed by atoms with Gasteiger partial charge < -0.3 is 4.74 Å². The molecule has 1 aromatic heterocycles. The number of rotatable bonds is 5. The molecule has 0 aliphatic carbocycles. The van der Waals surface area contributed by atoms with Crippen LogP contribution in [0.3, 0.4) is 0 Å². The molecule has 0 radical (unpaired) electrons. The van der Waals surface area contributed by atoms with Crippen molar-refractivity contribution in [1.82, 2.24) is 4.57 Å². The van der Waals surface area contributed by atoms with Crippen LogP contribution in [0.15, 0.2) is 75.7 Å². The average molecular weight is 483 g/mol. The Labute approximate surface area is 198 Å². The number of fused-ring (bicyclic) bond motifs is 1. The van der Waals surface area contributed by atoms with Gasteiger partial charge in [-0.3, -0.25) is 9.36 Å². The highest BCUT2D eigenvalue weighted by atomic mass is 35.5. The molecule has 168 valence electrons. The molecule has 33 heavy (non-hydrogen) atoms. The van der Waals surface area contributed by atoms with Gasteiger partial charge in [-0.05, 0) is 37.6 Å². The van der Waals surface area contributed by atoms with E-state index in [9.17, 15) is 14.0 Å². The lowest BCUT2D eigenvalue weighted by molar-refractivity contribution is -0.139. The second kappa shape index (κ2) is 9.68. The summed E-state index contributed by atoms with van der Waals surface area (Å²) in [4.78, 5) is 31.1. The first-order valence-corrected chi connectivity index (χ1v) is 11.5. The fraction of sp³-hybridized carbons (Fsp3) is 0.160. The van der Waals surface area contributed by atoms with E-state index in [4.69, 9.17) is 16.3 Å². The second-order valence-electron chi connectivity index (χ2n) is 7.25. The molecule has 1 aliphatic heterocycles. The van der Waals surface area contributed by atoms with Crippen LogP contribution in [-0.4, -0.2) is 17.1 Å². The molecule has 8 heteroatoms. The highest BCUT2D eigenvalue weighted by Crippen LogP contribution is 2.26. The van der Waals surface area contributed by atoms with Crippen LogP contribution in [0.4, 0.5) is 4.39 Å². The first kappa shape index (κ1) is 22.9. The van der Waals surface area contributed by atoms with Crippen molar-refractivity contribution in [2.45, 2.75) is 19.9 Å². The minimum Gasteiger partial charge on any atom is -0.463 e. The van der Waals surface area contributed by atoms with Crippen LogP contribution in [0.2, 0.25) is 5.02 Å². The van der Waals surface area contributed by atoms with E-state index in [-0.39, 0.29) is 27.3 Å². The number of allylic oxidation sites excluding steroid dienone is 2. The van der Waals surface area contributed by atoms with Gasteiger partial charge in [0.15, 0.2) is 4.80 Å². The Hall–Kier alpha value is -3.29. The number of esters is 1. The monoisotopic (exact) mass is 482 g/mol. The number of hydrogen-bond acceptors (Lipinski definition) is 5. The third-order valence-corrected chi connectivity index (χ3v) is 6.42. The van der Waals surface area contributed by atoms with E-state index in [0.29, 0.717) is 10.5 Å². The van der Waals surface area contributed by atoms with Crippen LogP contribution in [0.1, 0.15) is 31.0 Å². The molecule has 3 aromatic rings. The molecule has 0 saturated carbocycles. The molecule has 4 rings (SSSR count). The number of nitrogens with zero attached hydrogens (tertiary/aromatic N) is 2. The third kappa shape index (κ3) is 4.60. The summed E-state index contributed by atoms with van der Waals surface area (Å²) in [6.45, 7) is 3.62. The van der Waals surface area contributed by atoms with Gasteiger partial charge in [0.2, 0.25) is 0 Å². The van der Waals surface area contributed by atoms with Crippen molar-refractivity contribution in [1.29, 1.82) is 0 Å². The maximum absolute atomic E-state index is 14.3. The largest absolute Gasteiger partial charge is 0.463 e. The van der Waals surface area contributed by atoms with Gasteiger partial charge in [-0.15, -0.1) is 0 Å². The molecule has 0 unspecified atom stereocenters. The van der Waals surface area contributed by atoms with Gasteiger partial charge in [-0.1, -0.05) is 71.5 Å². The van der Waals surface area contributed by atoms with Gasteiger partial charge in [-0.25, -0.2) is 14.2 Å². The number of benzene rings is 2. The van der Waals surface area contributed by atoms with E-state index in [1.165, 1.54) is 22.8 Å². The number of carbonyl (C=O) groups is 1. The number of halogens is 2. The standard InChI is InChI=1S/C25H20ClFN2O3S/c1-3-32-24(31)22-15(2)28-25-29(20(22)13-12-16-8-5-4-6-9-16)23(30)21(33-25)14-17-18(26)10-7-11-19(17)27/h4-14,20H,3H2,1-2H3/b13-12+,21-14-/t20-/m1/s1. The highest BCUT2D eigenvalue weighted by Gasteiger charge is 2.30. The number of aromatic nitrogens is 1. The summed E-state index contributed by atoms with van der Waals surface area (Å²) in [6, 6.07) is 13.2. The molecule has 5 nitrogen and oxygen atoms in total. The predicted molar refractivity (Wildman–Crippen MR) is 128 cm³/mol. The number of ether oxygens (including phenoxy) is 1. The summed E-state index contributed by atoms with van der Waals surface area (Å²) in [6.07, 6.45) is 5.04. The highest BCUT2D eigenvalue weighted by molar-refractivity contribution is 7.07. The Kier molecular flexibility index (Phi) is 6.72. The summed E-state index contributed by atoms with van der Waals surface area (Å²) in [5, 5.41) is 0.199. The number of hydrogen-bond donors (Lipinski definition) is 0. The second-order valence-corrected chi connectivity index (χ2v) is 8.67. The Morgan fingerprint density at radius 1 is 1.24 bits per heavy atom. The zero-order valence-electron chi connectivity index (χ0n) is 17.9. The molecule has 0 saturated heterocycles. The van der Waals surface area contributed by atoms with Crippen molar-refractivity contribution < 1.29 is 13.9 Å². The van der Waals surface area contributed by atoms with Crippen molar-refractivity contribution in [3.05, 3.63) is 108 Å². The normalized spacial score (nSPS) is 16.1. The van der Waals surface area contributed by atoms with Gasteiger partial charge in [0.1, 0.15) is 5.82 Å². The van der Waals surface area contributed by atoms with Gasteiger partial charge in [-0.2, -0.15) is 0 Å². The molecule has 1 aliphatic rings. The van der Waals surface area contributed by atoms with Crippen LogP contribution in [-0.2, 0) is 9.53 Å². The van der Waals surface area contributed by atoms with Crippen molar-refractivity contribution in [2.75, 3.05) is 6.61 Å². The smallest absolute Gasteiger partial charge is 0.338 e. The summed E-state index contributed by atoms with van der Waals surface area (Å²) in [7, 11) is 0. The molecule has 2 heterocycles.